The summed E-state index contributed by atoms with van der Waals surface area (Å²) in [6, 6.07) is 6.53. The molecule has 0 spiro atoms. The number of ether oxygens (including phenoxy) is 1. The van der Waals surface area contributed by atoms with Gasteiger partial charge in [0.15, 0.2) is 0 Å². The molecule has 1 aliphatic carbocycles. The number of nitrogens with zero attached hydrogens (tertiary/aromatic N) is 1. The first kappa shape index (κ1) is 13.9. The Bertz CT molecular complexity index is 452. The lowest BCUT2D eigenvalue weighted by Crippen LogP contribution is -2.39. The number of benzene rings is 1. The Labute approximate surface area is 121 Å². The summed E-state index contributed by atoms with van der Waals surface area (Å²) in [7, 11) is 1.80. The molecule has 0 aromatic heterocycles. The molecule has 1 atom stereocenters. The molecule has 3 heteroatoms. The highest BCUT2D eigenvalue weighted by atomic mass is 16.5. The highest BCUT2D eigenvalue weighted by Crippen LogP contribution is 2.39. The van der Waals surface area contributed by atoms with E-state index in [0.29, 0.717) is 11.8 Å². The van der Waals surface area contributed by atoms with E-state index < -0.39 is 0 Å². The predicted molar refractivity (Wildman–Crippen MR) is 80.0 cm³/mol. The van der Waals surface area contributed by atoms with Crippen molar-refractivity contribution >= 4 is 0 Å². The third-order valence-electron chi connectivity index (χ3n) is 4.94. The molecule has 1 N–H and O–H groups in total. The molecule has 0 radical (unpaired) electrons. The van der Waals surface area contributed by atoms with Gasteiger partial charge in [-0.3, -0.25) is 4.90 Å². The van der Waals surface area contributed by atoms with Crippen LogP contribution in [0.2, 0.25) is 0 Å². The van der Waals surface area contributed by atoms with Gasteiger partial charge in [-0.05, 0) is 68.3 Å². The molecule has 0 amide bonds. The molecule has 1 aromatic rings. The molecule has 20 heavy (non-hydrogen) atoms. The lowest BCUT2D eigenvalue weighted by atomic mass is 9.84. The van der Waals surface area contributed by atoms with Crippen molar-refractivity contribution in [2.75, 3.05) is 26.8 Å². The minimum absolute atomic E-state index is 0.487. The molecule has 1 heterocycles. The third kappa shape index (κ3) is 2.70. The predicted octanol–water partition coefficient (Wildman–Crippen LogP) is 3.13. The molecule has 1 fully saturated rings. The number of likely N-dealkylation sites (tertiary alicyclic amines) is 1. The van der Waals surface area contributed by atoms with Gasteiger partial charge in [0.05, 0.1) is 0 Å². The van der Waals surface area contributed by atoms with Gasteiger partial charge in [-0.2, -0.15) is 0 Å². The van der Waals surface area contributed by atoms with E-state index in [1.165, 1.54) is 36.8 Å². The average molecular weight is 275 g/mol. The van der Waals surface area contributed by atoms with E-state index in [1.807, 2.05) is 12.1 Å². The van der Waals surface area contributed by atoms with Crippen molar-refractivity contribution in [2.24, 2.45) is 5.92 Å². The number of methoxy groups -OCH3 is 1. The van der Waals surface area contributed by atoms with Crippen LogP contribution in [-0.4, -0.2) is 36.8 Å². The van der Waals surface area contributed by atoms with Crippen molar-refractivity contribution < 1.29 is 9.84 Å². The summed E-state index contributed by atoms with van der Waals surface area (Å²) >= 11 is 0. The van der Waals surface area contributed by atoms with Gasteiger partial charge in [0.25, 0.3) is 0 Å². The van der Waals surface area contributed by atoms with Crippen LogP contribution in [0.25, 0.3) is 0 Å². The summed E-state index contributed by atoms with van der Waals surface area (Å²) < 4.78 is 5.28. The first-order chi connectivity index (χ1) is 9.79. The van der Waals surface area contributed by atoms with Gasteiger partial charge in [0.1, 0.15) is 5.75 Å². The van der Waals surface area contributed by atoms with Crippen molar-refractivity contribution in [3.63, 3.8) is 0 Å². The van der Waals surface area contributed by atoms with E-state index in [-0.39, 0.29) is 0 Å². The minimum atomic E-state index is 0.487. The fourth-order valence-corrected chi connectivity index (χ4v) is 3.85. The summed E-state index contributed by atoms with van der Waals surface area (Å²) in [6.45, 7) is 3.22. The van der Waals surface area contributed by atoms with Crippen molar-refractivity contribution in [1.82, 2.24) is 4.90 Å². The van der Waals surface area contributed by atoms with E-state index in [2.05, 4.69) is 11.0 Å². The number of hydrogen-bond donors (Lipinski definition) is 1. The monoisotopic (exact) mass is 275 g/mol. The lowest BCUT2D eigenvalue weighted by Gasteiger charge is -2.40. The number of phenolic OH excluding ortho intramolecular Hbond substituents is 1. The van der Waals surface area contributed by atoms with Gasteiger partial charge in [-0.1, -0.05) is 12.1 Å². The average Bonchev–Trinajstić information content (AvgIpc) is 2.48. The highest BCUT2D eigenvalue weighted by molar-refractivity contribution is 5.42. The molecule has 1 unspecified atom stereocenters. The fraction of sp³-hybridized carbons (Fsp3) is 0.647. The van der Waals surface area contributed by atoms with Crippen molar-refractivity contribution in [3.8, 4) is 5.75 Å². The summed E-state index contributed by atoms with van der Waals surface area (Å²) in [5.74, 6) is 1.21. The Kier molecular flexibility index (Phi) is 4.27. The number of fused-ring (bicyclic) bond motifs is 1. The topological polar surface area (TPSA) is 32.7 Å². The van der Waals surface area contributed by atoms with E-state index in [0.717, 1.165) is 32.0 Å². The Morgan fingerprint density at radius 1 is 1.25 bits per heavy atom. The maximum atomic E-state index is 10.0. The van der Waals surface area contributed by atoms with Crippen molar-refractivity contribution in [2.45, 2.75) is 38.1 Å². The van der Waals surface area contributed by atoms with Gasteiger partial charge < -0.3 is 9.84 Å². The first-order valence-electron chi connectivity index (χ1n) is 7.83. The Hall–Kier alpha value is -1.06. The summed E-state index contributed by atoms with van der Waals surface area (Å²) in [4.78, 5) is 2.61. The molecule has 2 aliphatic rings. The van der Waals surface area contributed by atoms with Crippen LogP contribution in [0.4, 0.5) is 0 Å². The Balaban J connectivity index is 1.72. The number of aromatic hydroxyl groups is 1. The number of hydrogen-bond acceptors (Lipinski definition) is 3. The number of phenols is 1. The zero-order chi connectivity index (χ0) is 13.9. The van der Waals surface area contributed by atoms with Gasteiger partial charge in [0, 0.05) is 19.8 Å². The molecule has 1 aromatic carbocycles. The summed E-state index contributed by atoms with van der Waals surface area (Å²) in [5, 5.41) is 10.0. The van der Waals surface area contributed by atoms with E-state index in [9.17, 15) is 5.11 Å². The fourth-order valence-electron chi connectivity index (χ4n) is 3.85. The lowest BCUT2D eigenvalue weighted by molar-refractivity contribution is 0.0743. The van der Waals surface area contributed by atoms with Gasteiger partial charge in [0.2, 0.25) is 0 Å². The molecular formula is C17H25NO2. The summed E-state index contributed by atoms with van der Waals surface area (Å²) in [6.07, 6.45) is 5.91. The standard InChI is InChI=1S/C17H25NO2/c1-20-12-13-8-10-18(11-9-13)16-6-2-5-15-14(16)4-3-7-17(15)19/h3-4,7,13,16,19H,2,5-6,8-12H2,1H3. The maximum absolute atomic E-state index is 10.0. The van der Waals surface area contributed by atoms with Crippen LogP contribution < -0.4 is 0 Å². The van der Waals surface area contributed by atoms with E-state index in [1.54, 1.807) is 7.11 Å². The van der Waals surface area contributed by atoms with Crippen molar-refractivity contribution in [1.29, 1.82) is 0 Å². The quantitative estimate of drug-likeness (QED) is 0.920. The van der Waals surface area contributed by atoms with Gasteiger partial charge in [-0.15, -0.1) is 0 Å². The third-order valence-corrected chi connectivity index (χ3v) is 4.94. The second-order valence-electron chi connectivity index (χ2n) is 6.19. The zero-order valence-electron chi connectivity index (χ0n) is 12.3. The Morgan fingerprint density at radius 3 is 2.80 bits per heavy atom. The summed E-state index contributed by atoms with van der Waals surface area (Å²) in [5.41, 5.74) is 2.55. The molecular weight excluding hydrogens is 250 g/mol. The Morgan fingerprint density at radius 2 is 2.05 bits per heavy atom. The van der Waals surface area contributed by atoms with Crippen LogP contribution in [-0.2, 0) is 11.2 Å². The number of rotatable bonds is 3. The molecule has 3 nitrogen and oxygen atoms in total. The second-order valence-corrected chi connectivity index (χ2v) is 6.19. The zero-order valence-corrected chi connectivity index (χ0v) is 12.3. The normalized spacial score (nSPS) is 24.6. The van der Waals surface area contributed by atoms with Crippen LogP contribution in [0.1, 0.15) is 42.9 Å². The van der Waals surface area contributed by atoms with Crippen LogP contribution >= 0.6 is 0 Å². The van der Waals surface area contributed by atoms with Gasteiger partial charge in [-0.25, -0.2) is 0 Å². The molecule has 1 aliphatic heterocycles. The van der Waals surface area contributed by atoms with Crippen LogP contribution in [0.5, 0.6) is 5.75 Å². The minimum Gasteiger partial charge on any atom is -0.508 e. The number of piperidine rings is 1. The SMILES string of the molecule is COCC1CCN(C2CCCc3c(O)cccc32)CC1. The van der Waals surface area contributed by atoms with Crippen LogP contribution in [0.15, 0.2) is 18.2 Å². The second kappa shape index (κ2) is 6.15. The largest absolute Gasteiger partial charge is 0.508 e. The van der Waals surface area contributed by atoms with Gasteiger partial charge >= 0.3 is 0 Å². The van der Waals surface area contributed by atoms with Crippen LogP contribution in [0, 0.1) is 5.92 Å². The van der Waals surface area contributed by atoms with Crippen LogP contribution in [0.3, 0.4) is 0 Å². The molecule has 1 saturated heterocycles. The van der Waals surface area contributed by atoms with Crippen molar-refractivity contribution in [3.05, 3.63) is 29.3 Å². The molecule has 3 rings (SSSR count). The molecule has 0 saturated carbocycles. The first-order valence-corrected chi connectivity index (χ1v) is 7.83. The maximum Gasteiger partial charge on any atom is 0.119 e. The molecule has 0 bridgehead atoms. The smallest absolute Gasteiger partial charge is 0.119 e. The van der Waals surface area contributed by atoms with E-state index >= 15 is 0 Å². The van der Waals surface area contributed by atoms with E-state index in [4.69, 9.17) is 4.74 Å². The molecule has 110 valence electrons. The highest BCUT2D eigenvalue weighted by Gasteiger charge is 2.30.